The van der Waals surface area contributed by atoms with Crippen LogP contribution in [0.5, 0.6) is 34.5 Å². The van der Waals surface area contributed by atoms with Gasteiger partial charge in [0, 0.05) is 49.1 Å². The molecule has 8 aromatic rings. The van der Waals surface area contributed by atoms with Crippen LogP contribution in [-0.2, 0) is 94.6 Å². The van der Waals surface area contributed by atoms with Gasteiger partial charge in [0.1, 0.15) is 96.4 Å². The highest BCUT2D eigenvalue weighted by Gasteiger charge is 2.54. The number of rotatable bonds is 51. The molecule has 2 fully saturated rings. The Labute approximate surface area is 823 Å². The molecule has 10 rings (SSSR count). The molecule has 0 aromatic heterocycles. The van der Waals surface area contributed by atoms with E-state index in [9.17, 15) is 45.5 Å². The number of nitrogens with one attached hydrogen (secondary N) is 4. The number of methoxy groups -OCH3 is 6. The molecule has 0 radical (unpaired) electrons. The summed E-state index contributed by atoms with van der Waals surface area (Å²) in [4.78, 5) is 58.8. The van der Waals surface area contributed by atoms with Crippen molar-refractivity contribution in [1.82, 2.24) is 30.6 Å². The van der Waals surface area contributed by atoms with Crippen molar-refractivity contribution in [2.24, 2.45) is 11.8 Å². The molecule has 2 saturated heterocycles. The van der Waals surface area contributed by atoms with E-state index in [0.29, 0.717) is 34.5 Å². The first-order chi connectivity index (χ1) is 67.6. The smallest absolute Gasteiger partial charge is 0.471 e. The summed E-state index contributed by atoms with van der Waals surface area (Å²) < 4.78 is 203. The molecule has 12 atom stereocenters. The highest BCUT2D eigenvalue weighted by molar-refractivity contribution is 7.44. The van der Waals surface area contributed by atoms with E-state index in [2.05, 4.69) is 31.0 Å². The van der Waals surface area contributed by atoms with Crippen LogP contribution in [0.4, 0.5) is 35.9 Å². The zero-order valence-electron chi connectivity index (χ0n) is 82.0. The minimum Gasteiger partial charge on any atom is -0.497 e. The van der Waals surface area contributed by atoms with Crippen molar-refractivity contribution in [2.45, 2.75) is 179 Å². The van der Waals surface area contributed by atoms with Gasteiger partial charge in [0.25, 0.3) is 17.1 Å². The average Bonchev–Trinajstić information content (AvgIpc) is 0.753. The standard InChI is InChI=1S/C52H66F3N4O12P.C50H62F3N4O11P/c1-35(2)59(36(3)4)72(69-27-26-56-6)70-31-29-65-47-37(5)45(34-67-50(61)57-33-38-14-13-17-44(32-38)64-9)71-48(46(47)58-49(60)52(53,54)55)66-28-30-68-51(39-15-11-10-12-16-39,40-18-22-42(62-7)23-19-40)41-20-24-43(63-8)25-21-41;1-33(2)57(34(3)4)69(66-27-26-54-6)68-45-35(5)43(32-64-48(59)55-31-36-14-13-17-42(30-36)62-9)67-46(44(45)56-47(58)50(51,52)53)63-28-29-65-49(37-15-11-10-12-16-37,38-18-22-40(60-7)23-19-38)39-20-24-41(61-8)25-21-39/h10-25,32,35-37,45-48H,26-31,33-34H2,1-5,7-9H3,(H,57,61)(H,58,60);10-25,30,33-35,43-46H,26-29,31-32H2,1-5,7-9H3,(H,55,59)(H,56,58). The van der Waals surface area contributed by atoms with Gasteiger partial charge in [-0.3, -0.25) is 9.59 Å². The van der Waals surface area contributed by atoms with Crippen LogP contribution in [0.15, 0.2) is 206 Å². The van der Waals surface area contributed by atoms with Crippen molar-refractivity contribution in [3.8, 4) is 34.5 Å². The first kappa shape index (κ1) is 114. The Balaban J connectivity index is 0.000000315. The van der Waals surface area contributed by atoms with Gasteiger partial charge in [-0.2, -0.15) is 26.3 Å². The fourth-order valence-electron chi connectivity index (χ4n) is 16.2. The Bertz CT molecular complexity index is 5090. The van der Waals surface area contributed by atoms with Gasteiger partial charge in [-0.05, 0) is 173 Å². The molecule has 141 heavy (non-hydrogen) atoms. The van der Waals surface area contributed by atoms with Gasteiger partial charge in [0.2, 0.25) is 13.1 Å². The molecule has 0 aliphatic carbocycles. The second-order valence-electron chi connectivity index (χ2n) is 33.6. The lowest BCUT2D eigenvalue weighted by Gasteiger charge is -2.47. The van der Waals surface area contributed by atoms with E-state index in [1.807, 2.05) is 222 Å². The number of hydrogen-bond acceptors (Lipinski definition) is 25. The average molecular weight is 2010 g/mol. The molecule has 2 heterocycles. The van der Waals surface area contributed by atoms with Gasteiger partial charge in [0.15, 0.2) is 12.6 Å². The zero-order chi connectivity index (χ0) is 102. The molecule has 4 N–H and O–H groups in total. The van der Waals surface area contributed by atoms with Crippen molar-refractivity contribution in [3.63, 3.8) is 0 Å². The minimum absolute atomic E-state index is 0.00285. The maximum Gasteiger partial charge on any atom is 0.471 e. The molecular weight excluding hydrogens is 1880 g/mol. The summed E-state index contributed by atoms with van der Waals surface area (Å²) in [6.07, 6.45) is -19.9. The first-order valence-corrected chi connectivity index (χ1v) is 48.2. The Kier molecular flexibility index (Phi) is 45.2. The molecule has 39 heteroatoms. The topological polar surface area (TPSA) is 307 Å². The van der Waals surface area contributed by atoms with Crippen LogP contribution in [0, 0.1) is 25.0 Å². The summed E-state index contributed by atoms with van der Waals surface area (Å²) >= 11 is 0. The van der Waals surface area contributed by atoms with E-state index in [4.69, 9.17) is 102 Å². The Morgan fingerprint density at radius 2 is 0.709 bits per heavy atom. The van der Waals surface area contributed by atoms with Crippen LogP contribution in [0.2, 0.25) is 0 Å². The lowest BCUT2D eigenvalue weighted by Crippen LogP contribution is -2.64. The van der Waals surface area contributed by atoms with E-state index in [-0.39, 0.29) is 116 Å². The molecule has 766 valence electrons. The summed E-state index contributed by atoms with van der Waals surface area (Å²) in [5.41, 5.74) is 3.33. The van der Waals surface area contributed by atoms with Gasteiger partial charge in [-0.25, -0.2) is 32.1 Å². The quantitative estimate of drug-likeness (QED) is 0.00905. The Hall–Kier alpha value is -11.1. The van der Waals surface area contributed by atoms with Crippen molar-refractivity contribution in [3.05, 3.63) is 274 Å². The maximum absolute atomic E-state index is 14.2. The fraction of sp³-hybridized carbons (Fsp3) is 0.471. The van der Waals surface area contributed by atoms with E-state index in [1.165, 1.54) is 14.2 Å². The van der Waals surface area contributed by atoms with E-state index in [0.717, 1.165) is 44.5 Å². The van der Waals surface area contributed by atoms with Crippen molar-refractivity contribution in [1.29, 1.82) is 0 Å². The normalized spacial score (nSPS) is 18.7. The second-order valence-corrected chi connectivity index (χ2v) is 36.5. The van der Waals surface area contributed by atoms with Gasteiger partial charge >= 0.3 is 36.4 Å². The molecule has 4 amide bonds. The van der Waals surface area contributed by atoms with Crippen LogP contribution in [-0.4, -0.2) is 241 Å². The molecule has 12 unspecified atom stereocenters. The van der Waals surface area contributed by atoms with Gasteiger partial charge in [-0.1, -0.05) is 147 Å². The number of hydrogen-bond donors (Lipinski definition) is 4. The molecule has 8 aromatic carbocycles. The summed E-state index contributed by atoms with van der Waals surface area (Å²) in [7, 11) is 5.55. The van der Waals surface area contributed by atoms with Crippen LogP contribution < -0.4 is 49.7 Å². The number of carbonyl (C=O) groups is 4. The predicted molar refractivity (Wildman–Crippen MR) is 516 cm³/mol. The maximum atomic E-state index is 14.2. The van der Waals surface area contributed by atoms with Gasteiger partial charge < -0.3 is 120 Å². The Morgan fingerprint density at radius 3 is 1.05 bits per heavy atom. The van der Waals surface area contributed by atoms with E-state index in [1.54, 1.807) is 90.8 Å². The SMILES string of the molecule is [C-]#[N+]CCOP(OC1C(C)C(COC(=O)NCc2cccc(OC)c2)OC(OCCOC(c2ccccc2)(c2ccc(OC)cc2)c2ccc(OC)cc2)C1NC(=O)C(F)(F)F)N(C(C)C)C(C)C.[C-]#[N+]CCOP(OCCOC1C(C)C(COC(=O)NCc2cccc(OC)c2)OC(OCCOC(c2ccccc2)(c2ccc(OC)cc2)c2ccc(OC)cc2)C1NC(=O)C(F)(F)F)N(C(C)C)C(C)C. The van der Waals surface area contributed by atoms with Crippen LogP contribution in [0.3, 0.4) is 0 Å². The lowest BCUT2D eigenvalue weighted by atomic mass is 9.80. The predicted octanol–water partition coefficient (Wildman–Crippen LogP) is 18.1. The number of benzene rings is 8. The Morgan fingerprint density at radius 1 is 0.390 bits per heavy atom. The third-order valence-electron chi connectivity index (χ3n) is 23.0. The highest BCUT2D eigenvalue weighted by Crippen LogP contribution is 2.52. The molecule has 0 saturated carbocycles. The van der Waals surface area contributed by atoms with Crippen molar-refractivity contribution in [2.75, 3.05) is 122 Å². The number of alkyl carbamates (subject to hydrolysis) is 2. The third-order valence-corrected chi connectivity index (χ3v) is 27.2. The number of amides is 4. The number of nitrogens with zero attached hydrogens (tertiary/aromatic N) is 4. The van der Waals surface area contributed by atoms with Crippen LogP contribution >= 0.6 is 17.1 Å². The van der Waals surface area contributed by atoms with Crippen LogP contribution in [0.25, 0.3) is 9.69 Å². The molecule has 2 aliphatic heterocycles. The lowest BCUT2D eigenvalue weighted by molar-refractivity contribution is -0.267. The van der Waals surface area contributed by atoms with Gasteiger partial charge in [-0.15, -0.1) is 0 Å². The summed E-state index contributed by atoms with van der Waals surface area (Å²) in [5.74, 6) is -2.49. The van der Waals surface area contributed by atoms with Crippen LogP contribution in [0.1, 0.15) is 114 Å². The number of carbonyl (C=O) groups excluding carboxylic acids is 4. The monoisotopic (exact) mass is 2010 g/mol. The molecular formula is C102H128F6N8O23P2. The summed E-state index contributed by atoms with van der Waals surface area (Å²) in [6.45, 7) is 32.0. The molecule has 0 spiro atoms. The summed E-state index contributed by atoms with van der Waals surface area (Å²) in [5, 5.41) is 9.56. The van der Waals surface area contributed by atoms with Gasteiger partial charge in [0.05, 0.1) is 94.5 Å². The van der Waals surface area contributed by atoms with E-state index >= 15 is 0 Å². The minimum atomic E-state index is -5.30. The zero-order valence-corrected chi connectivity index (χ0v) is 83.7. The third kappa shape index (κ3) is 32.2. The molecule has 0 bridgehead atoms. The fourth-order valence-corrected chi connectivity index (χ4v) is 19.6. The molecule has 31 nitrogen and oxygen atoms in total. The highest BCUT2D eigenvalue weighted by atomic mass is 31.2. The number of ether oxygens (including phenoxy) is 15. The van der Waals surface area contributed by atoms with Crippen molar-refractivity contribution < 1.29 is 135 Å². The number of alkyl halides is 6. The summed E-state index contributed by atoms with van der Waals surface area (Å²) in [6, 6.07) is 59.1. The molecule has 2 aliphatic rings. The largest absolute Gasteiger partial charge is 0.497 e. The van der Waals surface area contributed by atoms with E-state index < -0.39 is 126 Å². The second kappa shape index (κ2) is 56.1. The first-order valence-electron chi connectivity index (χ1n) is 46.0. The number of halogens is 6. The van der Waals surface area contributed by atoms with Crippen molar-refractivity contribution >= 4 is 41.1 Å².